The summed E-state index contributed by atoms with van der Waals surface area (Å²) < 4.78 is 4.99. The van der Waals surface area contributed by atoms with E-state index in [1.54, 1.807) is 27.6 Å². The van der Waals surface area contributed by atoms with E-state index in [9.17, 15) is 19.5 Å². The smallest absolute Gasteiger partial charge is 0.310 e. The molecule has 0 aromatic heterocycles. The van der Waals surface area contributed by atoms with Gasteiger partial charge in [0.25, 0.3) is 0 Å². The first-order valence-electron chi connectivity index (χ1n) is 13.5. The zero-order chi connectivity index (χ0) is 26.6. The van der Waals surface area contributed by atoms with Gasteiger partial charge in [0.15, 0.2) is 0 Å². The lowest BCUT2D eigenvalue weighted by Crippen LogP contribution is -2.59. The molecule has 2 amide bonds. The summed E-state index contributed by atoms with van der Waals surface area (Å²) in [5.41, 5.74) is 0. The molecule has 3 fully saturated rings. The van der Waals surface area contributed by atoms with Crippen LogP contribution in [0.3, 0.4) is 0 Å². The molecular weight excluding hydrogens is 476 g/mol. The summed E-state index contributed by atoms with van der Waals surface area (Å²) in [6, 6.07) is -1.27. The van der Waals surface area contributed by atoms with E-state index in [1.165, 1.54) is 0 Å². The van der Waals surface area contributed by atoms with Crippen LogP contribution >= 0.6 is 11.8 Å². The van der Waals surface area contributed by atoms with Gasteiger partial charge in [-0.25, -0.2) is 0 Å². The monoisotopic (exact) mass is 520 g/mol. The molecule has 36 heavy (non-hydrogen) atoms. The van der Waals surface area contributed by atoms with Crippen molar-refractivity contribution in [2.45, 2.75) is 94.3 Å². The Morgan fingerprint density at radius 1 is 1.28 bits per heavy atom. The molecule has 7 atom stereocenters. The van der Waals surface area contributed by atoms with Gasteiger partial charge in [-0.05, 0) is 51.9 Å². The summed E-state index contributed by atoms with van der Waals surface area (Å²) in [6.07, 6.45) is 8.33. The molecule has 0 saturated carbocycles. The van der Waals surface area contributed by atoms with Gasteiger partial charge in [0.1, 0.15) is 6.04 Å². The van der Waals surface area contributed by atoms with Gasteiger partial charge in [-0.2, -0.15) is 0 Å². The second-order valence-corrected chi connectivity index (χ2v) is 12.4. The van der Waals surface area contributed by atoms with Crippen molar-refractivity contribution in [3.63, 3.8) is 0 Å². The van der Waals surface area contributed by atoms with Crippen LogP contribution in [0.5, 0.6) is 0 Å². The van der Waals surface area contributed by atoms with Crippen LogP contribution in [0, 0.1) is 17.8 Å². The number of fused-ring (bicyclic) bond motifs is 1. The van der Waals surface area contributed by atoms with Crippen molar-refractivity contribution < 1.29 is 24.2 Å². The van der Waals surface area contributed by atoms with Crippen LogP contribution in [0.2, 0.25) is 0 Å². The van der Waals surface area contributed by atoms with Crippen molar-refractivity contribution in [3.8, 4) is 0 Å². The fourth-order valence-electron chi connectivity index (χ4n) is 6.32. The summed E-state index contributed by atoms with van der Waals surface area (Å²) in [7, 11) is 0. The first kappa shape index (κ1) is 28.8. The fraction of sp³-hybridized carbons (Fsp3) is 0.750. The van der Waals surface area contributed by atoms with Gasteiger partial charge in [0.2, 0.25) is 11.8 Å². The molecule has 0 aliphatic carbocycles. The van der Waals surface area contributed by atoms with Gasteiger partial charge < -0.3 is 19.6 Å². The van der Waals surface area contributed by atoms with E-state index in [2.05, 4.69) is 13.2 Å². The molecule has 3 heterocycles. The molecule has 3 rings (SSSR count). The third-order valence-corrected chi connectivity index (χ3v) is 10.3. The minimum Gasteiger partial charge on any atom is -0.465 e. The highest BCUT2D eigenvalue weighted by atomic mass is 32.2. The minimum atomic E-state index is -0.719. The number of unbranched alkanes of at least 4 members (excludes halogenated alkanes) is 2. The summed E-state index contributed by atoms with van der Waals surface area (Å²) in [5.74, 6) is -1.78. The number of carbonyl (C=O) groups excluding carboxylic acids is 3. The molecule has 1 spiro atoms. The molecule has 0 radical (unpaired) electrons. The van der Waals surface area contributed by atoms with E-state index in [1.807, 2.05) is 33.8 Å². The number of allylic oxidation sites excluding steroid dienone is 1. The van der Waals surface area contributed by atoms with Gasteiger partial charge in [-0.15, -0.1) is 24.9 Å². The maximum absolute atomic E-state index is 14.2. The zero-order valence-corrected chi connectivity index (χ0v) is 23.2. The molecule has 3 aliphatic rings. The van der Waals surface area contributed by atoms with E-state index >= 15 is 0 Å². The van der Waals surface area contributed by atoms with Gasteiger partial charge in [0.05, 0.1) is 35.8 Å². The highest BCUT2D eigenvalue weighted by Gasteiger charge is 2.75. The van der Waals surface area contributed by atoms with Crippen molar-refractivity contribution in [2.24, 2.45) is 17.8 Å². The lowest BCUT2D eigenvalue weighted by molar-refractivity contribution is -0.155. The predicted octanol–water partition coefficient (Wildman–Crippen LogP) is 3.81. The number of ether oxygens (including phenoxy) is 1. The Labute approximate surface area is 220 Å². The predicted molar refractivity (Wildman–Crippen MR) is 143 cm³/mol. The molecule has 1 N–H and O–H groups in total. The molecule has 202 valence electrons. The summed E-state index contributed by atoms with van der Waals surface area (Å²) >= 11 is 1.64. The fourth-order valence-corrected chi connectivity index (χ4v) is 8.51. The van der Waals surface area contributed by atoms with Gasteiger partial charge in [-0.1, -0.05) is 32.4 Å². The van der Waals surface area contributed by atoms with E-state index < -0.39 is 28.7 Å². The molecular formula is C28H44N2O5S. The highest BCUT2D eigenvalue weighted by Crippen LogP contribution is 2.67. The Balaban J connectivity index is 1.98. The largest absolute Gasteiger partial charge is 0.465 e. The van der Waals surface area contributed by atoms with E-state index in [4.69, 9.17) is 4.74 Å². The standard InChI is InChI=1S/C28H44N2O5S/c1-7-10-11-12-16-35-27(34)22-21-13-14-28(36-21)23(22)25(32)30(20(17-31)19(6)9-3)24(28)26(33)29(15-8-2)18(4)5/h7-8,18-24,31H,1-2,9-17H2,3-6H3/t19-,20-,21-,22+,23-,24?,28?/m0/s1. The number of amides is 2. The maximum Gasteiger partial charge on any atom is 0.310 e. The van der Waals surface area contributed by atoms with Gasteiger partial charge in [0, 0.05) is 17.8 Å². The van der Waals surface area contributed by atoms with Crippen molar-refractivity contribution in [3.05, 3.63) is 25.3 Å². The van der Waals surface area contributed by atoms with E-state index in [0.717, 1.165) is 32.1 Å². The van der Waals surface area contributed by atoms with Crippen molar-refractivity contribution in [1.82, 2.24) is 9.80 Å². The maximum atomic E-state index is 14.2. The third kappa shape index (κ3) is 5.00. The van der Waals surface area contributed by atoms with E-state index in [0.29, 0.717) is 19.6 Å². The number of aliphatic hydroxyl groups excluding tert-OH is 1. The minimum absolute atomic E-state index is 0.00819. The van der Waals surface area contributed by atoms with Gasteiger partial charge >= 0.3 is 5.97 Å². The Bertz CT molecular complexity index is 848. The molecule has 7 nitrogen and oxygen atoms in total. The number of nitrogens with zero attached hydrogens (tertiary/aromatic N) is 2. The number of esters is 1. The normalized spacial score (nSPS) is 30.3. The lowest BCUT2D eigenvalue weighted by atomic mass is 9.71. The summed E-state index contributed by atoms with van der Waals surface area (Å²) in [5, 5.41) is 10.4. The number of hydrogen-bond acceptors (Lipinski definition) is 6. The first-order chi connectivity index (χ1) is 17.2. The lowest BCUT2D eigenvalue weighted by Gasteiger charge is -2.42. The average Bonchev–Trinajstić information content (AvgIpc) is 3.49. The van der Waals surface area contributed by atoms with Crippen molar-refractivity contribution in [1.29, 1.82) is 0 Å². The SMILES string of the molecule is C=CCCCCOC(=O)[C@@H]1[C@@H]2CCC3(S2)C(C(=O)N(CC=C)C(C)C)N([C@@H](CO)[C@@H](C)CC)C(=O)[C@H]13. The topological polar surface area (TPSA) is 87.2 Å². The van der Waals surface area contributed by atoms with Crippen molar-refractivity contribution >= 4 is 29.5 Å². The Morgan fingerprint density at radius 3 is 2.58 bits per heavy atom. The quantitative estimate of drug-likeness (QED) is 0.213. The Kier molecular flexibility index (Phi) is 9.72. The van der Waals surface area contributed by atoms with Crippen LogP contribution in [0.4, 0.5) is 0 Å². The number of hydrogen-bond donors (Lipinski definition) is 1. The molecule has 3 saturated heterocycles. The third-order valence-electron chi connectivity index (χ3n) is 8.37. The number of aliphatic hydroxyl groups is 1. The average molecular weight is 521 g/mol. The number of likely N-dealkylation sites (tertiary alicyclic amines) is 1. The molecule has 0 aromatic carbocycles. The summed E-state index contributed by atoms with van der Waals surface area (Å²) in [4.78, 5) is 45.1. The second-order valence-electron chi connectivity index (χ2n) is 10.8. The van der Waals surface area contributed by atoms with Crippen molar-refractivity contribution in [2.75, 3.05) is 19.8 Å². The first-order valence-corrected chi connectivity index (χ1v) is 14.4. The molecule has 3 aliphatic heterocycles. The van der Waals surface area contributed by atoms with Crippen LogP contribution in [0.25, 0.3) is 0 Å². The van der Waals surface area contributed by atoms with Crippen LogP contribution in [-0.4, -0.2) is 80.6 Å². The number of carbonyl (C=O) groups is 3. The molecule has 0 aromatic rings. The number of thioether (sulfide) groups is 1. The number of rotatable bonds is 14. The van der Waals surface area contributed by atoms with Crippen LogP contribution in [0.1, 0.15) is 66.2 Å². The van der Waals surface area contributed by atoms with Crippen LogP contribution < -0.4 is 0 Å². The molecule has 8 heteroatoms. The molecule has 2 bridgehead atoms. The van der Waals surface area contributed by atoms with Crippen LogP contribution in [-0.2, 0) is 19.1 Å². The Hall–Kier alpha value is -1.80. The summed E-state index contributed by atoms with van der Waals surface area (Å²) in [6.45, 7) is 16.0. The van der Waals surface area contributed by atoms with Crippen LogP contribution in [0.15, 0.2) is 25.3 Å². The molecule has 2 unspecified atom stereocenters. The highest BCUT2D eigenvalue weighted by molar-refractivity contribution is 8.02. The Morgan fingerprint density at radius 2 is 2.00 bits per heavy atom. The second kappa shape index (κ2) is 12.2. The van der Waals surface area contributed by atoms with E-state index in [-0.39, 0.29) is 41.6 Å². The zero-order valence-electron chi connectivity index (χ0n) is 22.4. The van der Waals surface area contributed by atoms with Gasteiger partial charge in [-0.3, -0.25) is 14.4 Å².